The summed E-state index contributed by atoms with van der Waals surface area (Å²) < 4.78 is 26.1. The van der Waals surface area contributed by atoms with E-state index in [4.69, 9.17) is 9.26 Å². The molecule has 0 aliphatic carbocycles. The van der Waals surface area contributed by atoms with E-state index in [0.717, 1.165) is 5.56 Å². The third-order valence-electron chi connectivity index (χ3n) is 4.16. The molecule has 6 nitrogen and oxygen atoms in total. The van der Waals surface area contributed by atoms with Gasteiger partial charge in [0, 0.05) is 25.0 Å². The van der Waals surface area contributed by atoms with Crippen molar-refractivity contribution >= 4 is 5.97 Å². The number of imidazole rings is 1. The first-order valence-corrected chi connectivity index (χ1v) is 8.61. The van der Waals surface area contributed by atoms with Crippen LogP contribution in [0.3, 0.4) is 0 Å². The first-order chi connectivity index (χ1) is 13.7. The van der Waals surface area contributed by atoms with Gasteiger partial charge in [0.25, 0.3) is 0 Å². The molecule has 2 aromatic heterocycles. The average Bonchev–Trinajstić information content (AvgIpc) is 3.39. The summed E-state index contributed by atoms with van der Waals surface area (Å²) in [6.45, 7) is 0.612. The number of benzene rings is 2. The summed E-state index contributed by atoms with van der Waals surface area (Å²) in [4.78, 5) is 16.2. The van der Waals surface area contributed by atoms with Gasteiger partial charge < -0.3 is 13.8 Å². The molecular weight excluding hydrogens is 361 g/mol. The molecule has 2 heterocycles. The van der Waals surface area contributed by atoms with Gasteiger partial charge in [0.2, 0.25) is 0 Å². The van der Waals surface area contributed by atoms with E-state index in [-0.39, 0.29) is 12.4 Å². The molecule has 0 aliphatic rings. The Morgan fingerprint density at radius 2 is 1.96 bits per heavy atom. The number of aromatic nitrogens is 3. The Morgan fingerprint density at radius 3 is 2.71 bits per heavy atom. The maximum atomic E-state index is 13.8. The van der Waals surface area contributed by atoms with Crippen LogP contribution in [0, 0.1) is 5.82 Å². The highest BCUT2D eigenvalue weighted by atomic mass is 19.1. The van der Waals surface area contributed by atoms with Gasteiger partial charge in [-0.15, -0.1) is 0 Å². The van der Waals surface area contributed by atoms with Crippen LogP contribution in [0.25, 0.3) is 11.3 Å². The van der Waals surface area contributed by atoms with Crippen LogP contribution >= 0.6 is 0 Å². The third-order valence-corrected chi connectivity index (χ3v) is 4.16. The van der Waals surface area contributed by atoms with Crippen LogP contribution in [-0.2, 0) is 17.9 Å². The van der Waals surface area contributed by atoms with Crippen LogP contribution in [0.2, 0.25) is 0 Å². The van der Waals surface area contributed by atoms with E-state index in [9.17, 15) is 9.18 Å². The van der Waals surface area contributed by atoms with Crippen LogP contribution < -0.4 is 0 Å². The van der Waals surface area contributed by atoms with Crippen LogP contribution in [0.4, 0.5) is 4.39 Å². The van der Waals surface area contributed by atoms with Gasteiger partial charge in [0.05, 0.1) is 17.5 Å². The van der Waals surface area contributed by atoms with E-state index >= 15 is 0 Å². The monoisotopic (exact) mass is 377 g/mol. The van der Waals surface area contributed by atoms with Gasteiger partial charge in [-0.2, -0.15) is 0 Å². The largest absolute Gasteiger partial charge is 0.455 e. The molecule has 140 valence electrons. The van der Waals surface area contributed by atoms with Crippen molar-refractivity contribution in [1.29, 1.82) is 0 Å². The molecule has 0 unspecified atom stereocenters. The minimum atomic E-state index is -0.468. The summed E-state index contributed by atoms with van der Waals surface area (Å²) in [7, 11) is 0. The van der Waals surface area contributed by atoms with Crippen molar-refractivity contribution in [2.24, 2.45) is 0 Å². The van der Waals surface area contributed by atoms with Crippen molar-refractivity contribution in [3.05, 3.63) is 96.0 Å². The molecule has 0 saturated heterocycles. The third kappa shape index (κ3) is 3.98. The molecule has 0 bridgehead atoms. The minimum Gasteiger partial charge on any atom is -0.455 e. The number of hydrogen-bond donors (Lipinski definition) is 0. The molecule has 0 amide bonds. The molecule has 0 aliphatic heterocycles. The van der Waals surface area contributed by atoms with E-state index < -0.39 is 11.8 Å². The van der Waals surface area contributed by atoms with Crippen molar-refractivity contribution in [3.63, 3.8) is 0 Å². The zero-order valence-electron chi connectivity index (χ0n) is 14.8. The summed E-state index contributed by atoms with van der Waals surface area (Å²) in [5.74, 6) is -0.587. The van der Waals surface area contributed by atoms with E-state index in [1.165, 1.54) is 6.07 Å². The number of halogens is 1. The molecule has 2 aromatic carbocycles. The molecule has 4 aromatic rings. The molecule has 28 heavy (non-hydrogen) atoms. The number of nitrogens with zero attached hydrogens (tertiary/aromatic N) is 3. The molecule has 0 spiro atoms. The lowest BCUT2D eigenvalue weighted by Gasteiger charge is -2.05. The summed E-state index contributed by atoms with van der Waals surface area (Å²) in [6, 6.07) is 14.9. The topological polar surface area (TPSA) is 70.2 Å². The second kappa shape index (κ2) is 7.87. The van der Waals surface area contributed by atoms with Gasteiger partial charge in [-0.25, -0.2) is 14.2 Å². The number of carbonyl (C=O) groups is 1. The Bertz CT molecular complexity index is 1070. The lowest BCUT2D eigenvalue weighted by Crippen LogP contribution is -2.06. The molecule has 0 saturated carbocycles. The van der Waals surface area contributed by atoms with Gasteiger partial charge in [-0.05, 0) is 29.8 Å². The first-order valence-electron chi connectivity index (χ1n) is 8.61. The molecule has 0 N–H and O–H groups in total. The maximum Gasteiger partial charge on any atom is 0.338 e. The fourth-order valence-corrected chi connectivity index (χ4v) is 2.73. The average molecular weight is 377 g/mol. The Morgan fingerprint density at radius 1 is 1.14 bits per heavy atom. The quantitative estimate of drug-likeness (QED) is 0.474. The second-order valence-electron chi connectivity index (χ2n) is 6.17. The molecule has 4 rings (SSSR count). The van der Waals surface area contributed by atoms with E-state index in [1.54, 1.807) is 48.9 Å². The molecule has 0 atom stereocenters. The molecule has 7 heteroatoms. The lowest BCUT2D eigenvalue weighted by molar-refractivity contribution is 0.0464. The highest BCUT2D eigenvalue weighted by Gasteiger charge is 2.13. The van der Waals surface area contributed by atoms with Crippen molar-refractivity contribution in [2.75, 3.05) is 0 Å². The van der Waals surface area contributed by atoms with Crippen molar-refractivity contribution < 1.29 is 18.4 Å². The van der Waals surface area contributed by atoms with E-state index in [0.29, 0.717) is 23.4 Å². The highest BCUT2D eigenvalue weighted by Crippen LogP contribution is 2.23. The normalized spacial score (nSPS) is 10.8. The van der Waals surface area contributed by atoms with Crippen molar-refractivity contribution in [2.45, 2.75) is 13.2 Å². The Balaban J connectivity index is 1.36. The zero-order valence-corrected chi connectivity index (χ0v) is 14.8. The van der Waals surface area contributed by atoms with Crippen LogP contribution in [0.1, 0.15) is 21.6 Å². The smallest absolute Gasteiger partial charge is 0.338 e. The first kappa shape index (κ1) is 17.7. The van der Waals surface area contributed by atoms with Gasteiger partial charge in [0.1, 0.15) is 18.1 Å². The van der Waals surface area contributed by atoms with Gasteiger partial charge in [-0.3, -0.25) is 0 Å². The molecular formula is C21H16FN3O3. The van der Waals surface area contributed by atoms with Crippen molar-refractivity contribution in [3.8, 4) is 11.3 Å². The maximum absolute atomic E-state index is 13.8. The van der Waals surface area contributed by atoms with Gasteiger partial charge in [0.15, 0.2) is 5.76 Å². The summed E-state index contributed by atoms with van der Waals surface area (Å²) in [5, 5.41) is 3.83. The minimum absolute atomic E-state index is 0.0619. The highest BCUT2D eigenvalue weighted by molar-refractivity contribution is 5.89. The molecule has 0 radical (unpaired) electrons. The number of carbonyl (C=O) groups excluding carboxylic acids is 1. The Labute approximate surface area is 160 Å². The fraction of sp³-hybridized carbons (Fsp3) is 0.0952. The Hall–Kier alpha value is -3.74. The summed E-state index contributed by atoms with van der Waals surface area (Å²) in [5.41, 5.74) is 2.19. The zero-order chi connectivity index (χ0) is 19.3. The standard InChI is InChI=1S/C21H16FN3O3/c22-19-4-2-1-3-18(19)20-11-17(24-28-20)13-27-21(26)16-7-5-15(6-8-16)12-25-10-9-23-14-25/h1-11,14H,12-13H2. The van der Waals surface area contributed by atoms with E-state index in [2.05, 4.69) is 10.1 Å². The fourth-order valence-electron chi connectivity index (χ4n) is 2.73. The summed E-state index contributed by atoms with van der Waals surface area (Å²) >= 11 is 0. The van der Waals surface area contributed by atoms with Gasteiger partial charge >= 0.3 is 5.97 Å². The number of hydrogen-bond acceptors (Lipinski definition) is 5. The number of ether oxygens (including phenoxy) is 1. The van der Waals surface area contributed by atoms with Crippen LogP contribution in [-0.4, -0.2) is 20.7 Å². The Kier molecular flexibility index (Phi) is 4.97. The second-order valence-corrected chi connectivity index (χ2v) is 6.17. The summed E-state index contributed by atoms with van der Waals surface area (Å²) in [6.07, 6.45) is 5.32. The van der Waals surface area contributed by atoms with Crippen molar-refractivity contribution in [1.82, 2.24) is 14.7 Å². The SMILES string of the molecule is O=C(OCc1cc(-c2ccccc2F)on1)c1ccc(Cn2ccnc2)cc1. The van der Waals surface area contributed by atoms with E-state index in [1.807, 2.05) is 22.9 Å². The predicted octanol–water partition coefficient (Wildman–Crippen LogP) is 4.08. The molecule has 0 fully saturated rings. The van der Waals surface area contributed by atoms with Crippen LogP contribution in [0.5, 0.6) is 0 Å². The number of rotatable bonds is 6. The lowest BCUT2D eigenvalue weighted by atomic mass is 10.1. The number of esters is 1. The predicted molar refractivity (Wildman–Crippen MR) is 98.8 cm³/mol. The van der Waals surface area contributed by atoms with Crippen LogP contribution in [0.15, 0.2) is 77.8 Å². The van der Waals surface area contributed by atoms with Gasteiger partial charge in [-0.1, -0.05) is 29.4 Å².